The summed E-state index contributed by atoms with van der Waals surface area (Å²) in [6, 6.07) is 0.351. The summed E-state index contributed by atoms with van der Waals surface area (Å²) < 4.78 is 1.67. The fourth-order valence-electron chi connectivity index (χ4n) is 1.40. The molecule has 1 atom stereocenters. The van der Waals surface area contributed by atoms with Gasteiger partial charge in [-0.3, -0.25) is 0 Å². The van der Waals surface area contributed by atoms with Crippen molar-refractivity contribution in [1.29, 1.82) is 0 Å². The molecular formula is C10H14ClN5. The van der Waals surface area contributed by atoms with Crippen molar-refractivity contribution >= 4 is 23.2 Å². The molecule has 2 rings (SSSR count). The van der Waals surface area contributed by atoms with E-state index in [1.165, 1.54) is 6.33 Å². The first-order chi connectivity index (χ1) is 7.63. The van der Waals surface area contributed by atoms with Crippen molar-refractivity contribution in [2.45, 2.75) is 33.2 Å². The molecule has 86 valence electrons. The number of nitrogens with zero attached hydrogens (tertiary/aromatic N) is 4. The molecule has 16 heavy (non-hydrogen) atoms. The molecule has 0 fully saturated rings. The zero-order valence-electron chi connectivity index (χ0n) is 9.53. The third-order valence-corrected chi connectivity index (χ3v) is 2.97. The van der Waals surface area contributed by atoms with E-state index in [1.54, 1.807) is 4.52 Å². The highest BCUT2D eigenvalue weighted by Gasteiger charge is 2.13. The Morgan fingerprint density at radius 3 is 3.00 bits per heavy atom. The van der Waals surface area contributed by atoms with Crippen molar-refractivity contribution in [1.82, 2.24) is 19.6 Å². The van der Waals surface area contributed by atoms with Gasteiger partial charge in [0.1, 0.15) is 17.3 Å². The molecule has 0 aliphatic heterocycles. The number of halogens is 1. The molecule has 1 unspecified atom stereocenters. The first kappa shape index (κ1) is 11.1. The van der Waals surface area contributed by atoms with Crippen LogP contribution in [0.3, 0.4) is 0 Å². The Bertz CT molecular complexity index is 507. The summed E-state index contributed by atoms with van der Waals surface area (Å²) in [5, 5.41) is 7.96. The largest absolute Gasteiger partial charge is 0.367 e. The second-order valence-corrected chi connectivity index (χ2v) is 4.16. The minimum absolute atomic E-state index is 0.351. The molecule has 0 aliphatic carbocycles. The van der Waals surface area contributed by atoms with Gasteiger partial charge < -0.3 is 5.32 Å². The number of anilines is 1. The predicted octanol–water partition coefficient (Wildman–Crippen LogP) is 2.30. The van der Waals surface area contributed by atoms with Crippen LogP contribution in [0.15, 0.2) is 6.33 Å². The molecule has 0 radical (unpaired) electrons. The third kappa shape index (κ3) is 1.82. The zero-order valence-corrected chi connectivity index (χ0v) is 10.3. The van der Waals surface area contributed by atoms with E-state index in [0.717, 1.165) is 17.8 Å². The van der Waals surface area contributed by atoms with Gasteiger partial charge in [-0.15, -0.1) is 0 Å². The monoisotopic (exact) mass is 239 g/mol. The van der Waals surface area contributed by atoms with Crippen molar-refractivity contribution in [3.8, 4) is 0 Å². The van der Waals surface area contributed by atoms with Gasteiger partial charge >= 0.3 is 0 Å². The van der Waals surface area contributed by atoms with Crippen molar-refractivity contribution in [2.75, 3.05) is 5.32 Å². The molecule has 0 spiro atoms. The average molecular weight is 240 g/mol. The van der Waals surface area contributed by atoms with E-state index >= 15 is 0 Å². The molecule has 6 heteroatoms. The normalized spacial score (nSPS) is 13.0. The van der Waals surface area contributed by atoms with Crippen molar-refractivity contribution in [3.05, 3.63) is 17.0 Å². The molecule has 0 aliphatic rings. The van der Waals surface area contributed by atoms with E-state index in [-0.39, 0.29) is 0 Å². The van der Waals surface area contributed by atoms with Gasteiger partial charge in [0, 0.05) is 11.6 Å². The summed E-state index contributed by atoms with van der Waals surface area (Å²) in [6.45, 7) is 6.14. The fraction of sp³-hybridized carbons (Fsp3) is 0.500. The van der Waals surface area contributed by atoms with Crippen LogP contribution in [-0.2, 0) is 0 Å². The van der Waals surface area contributed by atoms with Crippen LogP contribution in [0.1, 0.15) is 25.8 Å². The highest BCUT2D eigenvalue weighted by molar-refractivity contribution is 6.30. The quantitative estimate of drug-likeness (QED) is 0.835. The lowest BCUT2D eigenvalue weighted by atomic mass is 10.2. The van der Waals surface area contributed by atoms with Gasteiger partial charge in [-0.25, -0.2) is 0 Å². The molecular weight excluding hydrogens is 226 g/mol. The lowest BCUT2D eigenvalue weighted by Crippen LogP contribution is -2.18. The summed E-state index contributed by atoms with van der Waals surface area (Å²) in [4.78, 5) is 8.17. The topological polar surface area (TPSA) is 55.1 Å². The molecule has 0 bridgehead atoms. The van der Waals surface area contributed by atoms with Crippen LogP contribution in [-0.4, -0.2) is 25.6 Å². The first-order valence-electron chi connectivity index (χ1n) is 5.25. The van der Waals surface area contributed by atoms with E-state index in [1.807, 2.05) is 6.92 Å². The highest BCUT2D eigenvalue weighted by Crippen LogP contribution is 2.22. The van der Waals surface area contributed by atoms with Crippen molar-refractivity contribution in [3.63, 3.8) is 0 Å². The van der Waals surface area contributed by atoms with Crippen LogP contribution in [0.25, 0.3) is 5.78 Å². The Morgan fingerprint density at radius 2 is 2.31 bits per heavy atom. The van der Waals surface area contributed by atoms with Crippen LogP contribution in [0.5, 0.6) is 0 Å². The number of nitrogens with one attached hydrogen (secondary N) is 1. The Kier molecular flexibility index (Phi) is 2.96. The van der Waals surface area contributed by atoms with Gasteiger partial charge in [0.05, 0.1) is 0 Å². The minimum atomic E-state index is 0.351. The predicted molar refractivity (Wildman–Crippen MR) is 63.9 cm³/mol. The van der Waals surface area contributed by atoms with E-state index in [9.17, 15) is 0 Å². The van der Waals surface area contributed by atoms with Crippen LogP contribution in [0.4, 0.5) is 5.82 Å². The Balaban J connectivity index is 2.55. The van der Waals surface area contributed by atoms with Crippen LogP contribution >= 0.6 is 11.6 Å². The lowest BCUT2D eigenvalue weighted by molar-refractivity contribution is 0.746. The number of rotatable bonds is 3. The molecule has 5 nitrogen and oxygen atoms in total. The Labute approximate surface area is 98.9 Å². The summed E-state index contributed by atoms with van der Waals surface area (Å²) in [7, 11) is 0. The molecule has 2 aromatic heterocycles. The number of fused-ring (bicyclic) bond motifs is 1. The van der Waals surface area contributed by atoms with Gasteiger partial charge in [-0.05, 0) is 20.3 Å². The van der Waals surface area contributed by atoms with Gasteiger partial charge in [0.15, 0.2) is 0 Å². The zero-order chi connectivity index (χ0) is 11.7. The van der Waals surface area contributed by atoms with Crippen LogP contribution in [0.2, 0.25) is 5.15 Å². The number of aromatic nitrogens is 4. The highest BCUT2D eigenvalue weighted by atomic mass is 35.5. The van der Waals surface area contributed by atoms with Gasteiger partial charge in [-0.1, -0.05) is 18.5 Å². The minimum Gasteiger partial charge on any atom is -0.367 e. The maximum atomic E-state index is 6.04. The number of hydrogen-bond donors (Lipinski definition) is 1. The van der Waals surface area contributed by atoms with Crippen LogP contribution in [0, 0.1) is 6.92 Å². The molecule has 0 saturated heterocycles. The number of hydrogen-bond acceptors (Lipinski definition) is 4. The lowest BCUT2D eigenvalue weighted by Gasteiger charge is -2.16. The molecule has 2 heterocycles. The summed E-state index contributed by atoms with van der Waals surface area (Å²) >= 11 is 6.04. The smallest absolute Gasteiger partial charge is 0.255 e. The van der Waals surface area contributed by atoms with E-state index in [4.69, 9.17) is 11.6 Å². The molecule has 0 amide bonds. The van der Waals surface area contributed by atoms with Gasteiger partial charge in [-0.2, -0.15) is 19.6 Å². The average Bonchev–Trinajstić information content (AvgIpc) is 2.71. The third-order valence-electron chi connectivity index (χ3n) is 2.60. The second-order valence-electron chi connectivity index (χ2n) is 3.80. The molecule has 1 N–H and O–H groups in total. The maximum absolute atomic E-state index is 6.04. The van der Waals surface area contributed by atoms with Crippen LogP contribution < -0.4 is 5.32 Å². The molecule has 0 aromatic carbocycles. The standard InChI is InChI=1S/C10H14ClN5/c1-4-6(2)14-9-7(3)8(11)15-10-12-5-13-16(9)10/h5-6,14H,4H2,1-3H3. The summed E-state index contributed by atoms with van der Waals surface area (Å²) in [5.74, 6) is 1.38. The maximum Gasteiger partial charge on any atom is 0.255 e. The molecule has 0 saturated carbocycles. The Hall–Kier alpha value is -1.36. The SMILES string of the molecule is CCC(C)Nc1c(C)c(Cl)nc2ncnn12. The van der Waals surface area contributed by atoms with E-state index in [0.29, 0.717) is 17.0 Å². The summed E-state index contributed by atoms with van der Waals surface area (Å²) in [5.41, 5.74) is 0.889. The Morgan fingerprint density at radius 1 is 1.56 bits per heavy atom. The van der Waals surface area contributed by atoms with Gasteiger partial charge in [0.2, 0.25) is 0 Å². The van der Waals surface area contributed by atoms with Gasteiger partial charge in [0.25, 0.3) is 5.78 Å². The van der Waals surface area contributed by atoms with Crippen molar-refractivity contribution in [2.24, 2.45) is 0 Å². The second kappa shape index (κ2) is 4.25. The van der Waals surface area contributed by atoms with E-state index < -0.39 is 0 Å². The first-order valence-corrected chi connectivity index (χ1v) is 5.63. The van der Waals surface area contributed by atoms with E-state index in [2.05, 4.69) is 34.2 Å². The fourth-order valence-corrected chi connectivity index (χ4v) is 1.57. The summed E-state index contributed by atoms with van der Waals surface area (Å²) in [6.07, 6.45) is 2.50. The van der Waals surface area contributed by atoms with Crippen molar-refractivity contribution < 1.29 is 0 Å². The molecule has 2 aromatic rings.